The molecule has 2 aromatic carbocycles. The molecule has 0 saturated carbocycles. The molecule has 3 rings (SSSR count). The van der Waals surface area contributed by atoms with Crippen molar-refractivity contribution < 1.29 is 27.0 Å². The number of para-hydroxylation sites is 1. The molecule has 3 atom stereocenters. The first-order chi connectivity index (χ1) is 12.4. The Balaban J connectivity index is 1.98. The van der Waals surface area contributed by atoms with Gasteiger partial charge >= 0.3 is 10.3 Å². The standard InChI is InChI=1S/C16H16N2O7S/c1-23-26(21,22)17-15-14(12-9-5-6-10-13(12)18(19)20)24-16(25-15)11-7-3-2-4-8-11/h2-10,14-17H,1H3/t14-,15-,16?/m1/s1. The normalized spacial score (nSPS) is 23.0. The molecule has 0 spiro atoms. The topological polar surface area (TPSA) is 117 Å². The van der Waals surface area contributed by atoms with Crippen LogP contribution in [0.1, 0.15) is 23.5 Å². The van der Waals surface area contributed by atoms with Crippen molar-refractivity contribution in [3.8, 4) is 0 Å². The zero-order valence-corrected chi connectivity index (χ0v) is 14.5. The Kier molecular flexibility index (Phi) is 5.30. The number of nitro groups is 1. The molecular weight excluding hydrogens is 364 g/mol. The van der Waals surface area contributed by atoms with Crippen LogP contribution in [-0.4, -0.2) is 26.7 Å². The number of nitrogens with one attached hydrogen (secondary N) is 1. The molecule has 2 aromatic rings. The summed E-state index contributed by atoms with van der Waals surface area (Å²) in [7, 11) is -3.11. The Morgan fingerprint density at radius 2 is 1.73 bits per heavy atom. The van der Waals surface area contributed by atoms with Gasteiger partial charge in [-0.2, -0.15) is 13.1 Å². The molecule has 1 saturated heterocycles. The number of hydrogen-bond acceptors (Lipinski definition) is 7. The molecule has 138 valence electrons. The predicted octanol–water partition coefficient (Wildman–Crippen LogP) is 2.19. The minimum atomic E-state index is -4.11. The van der Waals surface area contributed by atoms with Gasteiger partial charge in [-0.25, -0.2) is 0 Å². The lowest BCUT2D eigenvalue weighted by atomic mass is 10.1. The van der Waals surface area contributed by atoms with Gasteiger partial charge in [0.05, 0.1) is 17.6 Å². The lowest BCUT2D eigenvalue weighted by Crippen LogP contribution is -2.38. The maximum atomic E-state index is 11.8. The molecule has 0 amide bonds. The lowest BCUT2D eigenvalue weighted by Gasteiger charge is -2.17. The number of nitro benzene ring substituents is 1. The molecule has 9 nitrogen and oxygen atoms in total. The van der Waals surface area contributed by atoms with Gasteiger partial charge in [0, 0.05) is 11.6 Å². The van der Waals surface area contributed by atoms with Crippen LogP contribution >= 0.6 is 0 Å². The average Bonchev–Trinajstić information content (AvgIpc) is 3.05. The van der Waals surface area contributed by atoms with E-state index in [0.717, 1.165) is 7.11 Å². The van der Waals surface area contributed by atoms with Crippen LogP contribution in [0.3, 0.4) is 0 Å². The highest BCUT2D eigenvalue weighted by atomic mass is 32.2. The van der Waals surface area contributed by atoms with Gasteiger partial charge in [-0.15, -0.1) is 0 Å². The van der Waals surface area contributed by atoms with E-state index >= 15 is 0 Å². The summed E-state index contributed by atoms with van der Waals surface area (Å²) < 4.78 is 41.7. The van der Waals surface area contributed by atoms with Crippen molar-refractivity contribution in [1.82, 2.24) is 4.72 Å². The maximum absolute atomic E-state index is 11.8. The van der Waals surface area contributed by atoms with Gasteiger partial charge in [0.2, 0.25) is 0 Å². The Morgan fingerprint density at radius 1 is 1.08 bits per heavy atom. The molecule has 1 unspecified atom stereocenters. The third kappa shape index (κ3) is 3.89. The molecule has 10 heteroatoms. The fraction of sp³-hybridized carbons (Fsp3) is 0.250. The summed E-state index contributed by atoms with van der Waals surface area (Å²) in [6.45, 7) is 0. The van der Waals surface area contributed by atoms with Gasteiger partial charge in [0.25, 0.3) is 5.69 Å². The molecule has 0 aliphatic carbocycles. The van der Waals surface area contributed by atoms with Gasteiger partial charge in [-0.1, -0.05) is 42.5 Å². The van der Waals surface area contributed by atoms with Crippen LogP contribution in [0.5, 0.6) is 0 Å². The van der Waals surface area contributed by atoms with Crippen molar-refractivity contribution in [3.05, 3.63) is 75.8 Å². The van der Waals surface area contributed by atoms with Crippen molar-refractivity contribution >= 4 is 16.0 Å². The quantitative estimate of drug-likeness (QED) is 0.603. The Bertz CT molecular complexity index is 888. The summed E-state index contributed by atoms with van der Waals surface area (Å²) in [6.07, 6.45) is -3.14. The molecule has 1 aliphatic rings. The van der Waals surface area contributed by atoms with Crippen LogP contribution in [0.4, 0.5) is 5.69 Å². The van der Waals surface area contributed by atoms with E-state index in [1.807, 2.05) is 6.07 Å². The van der Waals surface area contributed by atoms with Crippen molar-refractivity contribution in [3.63, 3.8) is 0 Å². The SMILES string of the molecule is COS(=O)(=O)N[C@@H]1OC(c2ccccc2)O[C@@H]1c1ccccc1[N+](=O)[O-]. The molecular formula is C16H16N2O7S. The van der Waals surface area contributed by atoms with Gasteiger partial charge in [-0.05, 0) is 6.07 Å². The number of ether oxygens (including phenoxy) is 2. The second kappa shape index (κ2) is 7.48. The highest BCUT2D eigenvalue weighted by molar-refractivity contribution is 7.84. The van der Waals surface area contributed by atoms with Crippen molar-refractivity contribution in [2.75, 3.05) is 7.11 Å². The highest BCUT2D eigenvalue weighted by Gasteiger charge is 2.42. The van der Waals surface area contributed by atoms with E-state index in [-0.39, 0.29) is 11.3 Å². The minimum absolute atomic E-state index is 0.194. The minimum Gasteiger partial charge on any atom is -0.336 e. The third-order valence-electron chi connectivity index (χ3n) is 3.81. The van der Waals surface area contributed by atoms with E-state index in [9.17, 15) is 18.5 Å². The Morgan fingerprint density at radius 3 is 2.38 bits per heavy atom. The monoisotopic (exact) mass is 380 g/mol. The van der Waals surface area contributed by atoms with E-state index in [1.165, 1.54) is 18.2 Å². The summed E-state index contributed by atoms with van der Waals surface area (Å²) in [5.41, 5.74) is 0.645. The number of rotatable bonds is 6. The van der Waals surface area contributed by atoms with Crippen molar-refractivity contribution in [2.24, 2.45) is 0 Å². The molecule has 1 fully saturated rings. The second-order valence-electron chi connectivity index (χ2n) is 5.41. The summed E-state index contributed by atoms with van der Waals surface area (Å²) >= 11 is 0. The molecule has 0 bridgehead atoms. The number of benzene rings is 2. The van der Waals surface area contributed by atoms with E-state index < -0.39 is 33.8 Å². The van der Waals surface area contributed by atoms with Crippen LogP contribution in [0.2, 0.25) is 0 Å². The van der Waals surface area contributed by atoms with Gasteiger partial charge < -0.3 is 9.47 Å². The van der Waals surface area contributed by atoms with Crippen molar-refractivity contribution in [1.29, 1.82) is 0 Å². The zero-order chi connectivity index (χ0) is 18.7. The van der Waals surface area contributed by atoms with Crippen LogP contribution < -0.4 is 4.72 Å². The summed E-state index contributed by atoms with van der Waals surface area (Å²) in [6, 6.07) is 14.8. The van der Waals surface area contributed by atoms with Crippen LogP contribution in [-0.2, 0) is 24.0 Å². The third-order valence-corrected chi connectivity index (χ3v) is 4.77. The molecule has 1 N–H and O–H groups in total. The van der Waals surface area contributed by atoms with Crippen LogP contribution in [0.25, 0.3) is 0 Å². The summed E-state index contributed by atoms with van der Waals surface area (Å²) in [5, 5.41) is 11.3. The van der Waals surface area contributed by atoms with Gasteiger partial charge in [-0.3, -0.25) is 14.3 Å². The molecule has 0 radical (unpaired) electrons. The van der Waals surface area contributed by atoms with E-state index in [0.29, 0.717) is 5.56 Å². The molecule has 1 heterocycles. The largest absolute Gasteiger partial charge is 0.337 e. The number of nitrogens with zero attached hydrogens (tertiary/aromatic N) is 1. The molecule has 1 aliphatic heterocycles. The second-order valence-corrected chi connectivity index (χ2v) is 6.89. The lowest BCUT2D eigenvalue weighted by molar-refractivity contribution is -0.386. The summed E-state index contributed by atoms with van der Waals surface area (Å²) in [5.74, 6) is 0. The fourth-order valence-electron chi connectivity index (χ4n) is 2.62. The van der Waals surface area contributed by atoms with Crippen LogP contribution in [0, 0.1) is 10.1 Å². The predicted molar refractivity (Wildman–Crippen MR) is 90.0 cm³/mol. The Hall–Kier alpha value is -2.37. The first-order valence-corrected chi connectivity index (χ1v) is 8.99. The fourth-order valence-corrected chi connectivity index (χ4v) is 3.18. The smallest absolute Gasteiger partial charge is 0.336 e. The Labute approximate surface area is 149 Å². The summed E-state index contributed by atoms with van der Waals surface area (Å²) in [4.78, 5) is 10.8. The van der Waals surface area contributed by atoms with Crippen LogP contribution in [0.15, 0.2) is 54.6 Å². The number of hydrogen-bond donors (Lipinski definition) is 1. The molecule has 0 aromatic heterocycles. The van der Waals surface area contributed by atoms with Crippen molar-refractivity contribution in [2.45, 2.75) is 18.6 Å². The average molecular weight is 380 g/mol. The van der Waals surface area contributed by atoms with E-state index in [4.69, 9.17) is 9.47 Å². The van der Waals surface area contributed by atoms with Gasteiger partial charge in [0.1, 0.15) is 6.10 Å². The first-order valence-electron chi connectivity index (χ1n) is 7.58. The van der Waals surface area contributed by atoms with E-state index in [2.05, 4.69) is 8.91 Å². The zero-order valence-electron chi connectivity index (χ0n) is 13.6. The maximum Gasteiger partial charge on any atom is 0.337 e. The first kappa shape index (κ1) is 18.4. The van der Waals surface area contributed by atoms with E-state index in [1.54, 1.807) is 30.3 Å². The molecule has 26 heavy (non-hydrogen) atoms. The van der Waals surface area contributed by atoms with Gasteiger partial charge in [0.15, 0.2) is 12.5 Å². The highest BCUT2D eigenvalue weighted by Crippen LogP contribution is 2.41.